The van der Waals surface area contributed by atoms with E-state index in [2.05, 4.69) is 68.4 Å². The van der Waals surface area contributed by atoms with Crippen LogP contribution in [0, 0.1) is 5.92 Å². The molecule has 1 aliphatic heterocycles. The molecule has 0 bridgehead atoms. The van der Waals surface area contributed by atoms with Crippen LogP contribution in [0.25, 0.3) is 11.3 Å². The second kappa shape index (κ2) is 11.6. The van der Waals surface area contributed by atoms with Crippen molar-refractivity contribution in [2.45, 2.75) is 26.3 Å². The number of aromatic nitrogens is 2. The fourth-order valence-corrected chi connectivity index (χ4v) is 4.33. The molecule has 4 rings (SSSR count). The Morgan fingerprint density at radius 2 is 1.73 bits per heavy atom. The average Bonchev–Trinajstić information content (AvgIpc) is 2.89. The van der Waals surface area contributed by atoms with Gasteiger partial charge in [0.2, 0.25) is 5.91 Å². The summed E-state index contributed by atoms with van der Waals surface area (Å²) in [5, 5.41) is 3.16. The monoisotopic (exact) mass is 443 g/mol. The van der Waals surface area contributed by atoms with Crippen LogP contribution in [0.3, 0.4) is 0 Å². The topological polar surface area (TPSA) is 61.4 Å². The Morgan fingerprint density at radius 3 is 2.42 bits per heavy atom. The SMILES string of the molecule is CCN(CCNC(=O)C1CCN(c2cc(-c3ccccc3)ncn2)CC1)Cc1ccccc1. The second-order valence-corrected chi connectivity index (χ2v) is 8.53. The molecule has 33 heavy (non-hydrogen) atoms. The van der Waals surface area contributed by atoms with E-state index in [4.69, 9.17) is 0 Å². The zero-order chi connectivity index (χ0) is 22.9. The molecule has 1 fully saturated rings. The minimum absolute atomic E-state index is 0.0703. The lowest BCUT2D eigenvalue weighted by atomic mass is 9.96. The van der Waals surface area contributed by atoms with Crippen molar-refractivity contribution in [1.82, 2.24) is 20.2 Å². The maximum absolute atomic E-state index is 12.7. The highest BCUT2D eigenvalue weighted by atomic mass is 16.1. The third kappa shape index (κ3) is 6.39. The predicted octanol–water partition coefficient (Wildman–Crippen LogP) is 4.00. The first-order valence-corrected chi connectivity index (χ1v) is 11.9. The minimum atomic E-state index is 0.0703. The van der Waals surface area contributed by atoms with Gasteiger partial charge >= 0.3 is 0 Å². The van der Waals surface area contributed by atoms with E-state index < -0.39 is 0 Å². The quantitative estimate of drug-likeness (QED) is 0.542. The molecule has 0 unspecified atom stereocenters. The lowest BCUT2D eigenvalue weighted by Crippen LogP contribution is -2.42. The predicted molar refractivity (Wildman–Crippen MR) is 133 cm³/mol. The standard InChI is InChI=1S/C27H33N5O/c1-2-31(20-22-9-5-3-6-10-22)18-15-28-27(33)24-13-16-32(17-14-24)26-19-25(29-21-30-26)23-11-7-4-8-12-23/h3-12,19,21,24H,2,13-18,20H2,1H3,(H,28,33). The highest BCUT2D eigenvalue weighted by molar-refractivity contribution is 5.79. The summed E-state index contributed by atoms with van der Waals surface area (Å²) in [6.07, 6.45) is 3.32. The third-order valence-corrected chi connectivity index (χ3v) is 6.34. The van der Waals surface area contributed by atoms with Crippen LogP contribution in [0.4, 0.5) is 5.82 Å². The summed E-state index contributed by atoms with van der Waals surface area (Å²) < 4.78 is 0. The Morgan fingerprint density at radius 1 is 1.03 bits per heavy atom. The van der Waals surface area contributed by atoms with E-state index in [1.54, 1.807) is 6.33 Å². The minimum Gasteiger partial charge on any atom is -0.356 e. The maximum Gasteiger partial charge on any atom is 0.223 e. The molecule has 172 valence electrons. The number of piperidine rings is 1. The second-order valence-electron chi connectivity index (χ2n) is 8.53. The first kappa shape index (κ1) is 22.9. The fourth-order valence-electron chi connectivity index (χ4n) is 4.33. The smallest absolute Gasteiger partial charge is 0.223 e. The Kier molecular flexibility index (Phi) is 8.04. The number of rotatable bonds is 9. The third-order valence-electron chi connectivity index (χ3n) is 6.34. The molecule has 0 aliphatic carbocycles. The van der Waals surface area contributed by atoms with Gasteiger partial charge in [-0.05, 0) is 24.9 Å². The molecule has 3 aromatic rings. The molecular formula is C27H33N5O. The normalized spacial score (nSPS) is 14.4. The number of carbonyl (C=O) groups is 1. The number of nitrogens with one attached hydrogen (secondary N) is 1. The van der Waals surface area contributed by atoms with Gasteiger partial charge in [-0.1, -0.05) is 67.6 Å². The van der Waals surface area contributed by atoms with Gasteiger partial charge < -0.3 is 10.2 Å². The van der Waals surface area contributed by atoms with Gasteiger partial charge in [-0.3, -0.25) is 9.69 Å². The first-order chi connectivity index (χ1) is 16.2. The summed E-state index contributed by atoms with van der Waals surface area (Å²) in [5.41, 5.74) is 3.32. The van der Waals surface area contributed by atoms with Crippen molar-refractivity contribution in [3.8, 4) is 11.3 Å². The van der Waals surface area contributed by atoms with E-state index in [-0.39, 0.29) is 11.8 Å². The van der Waals surface area contributed by atoms with E-state index in [9.17, 15) is 4.79 Å². The van der Waals surface area contributed by atoms with E-state index in [0.29, 0.717) is 6.54 Å². The zero-order valence-corrected chi connectivity index (χ0v) is 19.4. The van der Waals surface area contributed by atoms with Crippen LogP contribution < -0.4 is 10.2 Å². The lowest BCUT2D eigenvalue weighted by Gasteiger charge is -2.32. The van der Waals surface area contributed by atoms with Crippen LogP contribution in [0.5, 0.6) is 0 Å². The molecule has 6 heteroatoms. The number of amides is 1. The van der Waals surface area contributed by atoms with Gasteiger partial charge in [0.15, 0.2) is 0 Å². The molecule has 0 saturated carbocycles. The van der Waals surface area contributed by atoms with E-state index in [1.165, 1.54) is 5.56 Å². The molecule has 1 saturated heterocycles. The van der Waals surface area contributed by atoms with Crippen LogP contribution in [0.15, 0.2) is 73.1 Å². The van der Waals surface area contributed by atoms with Crippen LogP contribution in [-0.4, -0.2) is 53.5 Å². The Labute approximate surface area is 196 Å². The van der Waals surface area contributed by atoms with Crippen molar-refractivity contribution in [3.05, 3.63) is 78.6 Å². The van der Waals surface area contributed by atoms with Crippen LogP contribution >= 0.6 is 0 Å². The summed E-state index contributed by atoms with van der Waals surface area (Å²) in [6.45, 7) is 7.25. The van der Waals surface area contributed by atoms with Gasteiger partial charge in [0.1, 0.15) is 12.1 Å². The van der Waals surface area contributed by atoms with Crippen LogP contribution in [0.1, 0.15) is 25.3 Å². The van der Waals surface area contributed by atoms with Crippen LogP contribution in [0.2, 0.25) is 0 Å². The number of hydrogen-bond donors (Lipinski definition) is 1. The molecule has 2 aromatic carbocycles. The molecule has 1 amide bonds. The van der Waals surface area contributed by atoms with Crippen molar-refractivity contribution in [2.24, 2.45) is 5.92 Å². The van der Waals surface area contributed by atoms with Crippen molar-refractivity contribution >= 4 is 11.7 Å². The Bertz CT molecular complexity index is 1000. The number of nitrogens with zero attached hydrogens (tertiary/aromatic N) is 4. The van der Waals surface area contributed by atoms with Crippen LogP contribution in [-0.2, 0) is 11.3 Å². The van der Waals surface area contributed by atoms with E-state index in [1.807, 2.05) is 30.3 Å². The van der Waals surface area contributed by atoms with Gasteiger partial charge in [0.05, 0.1) is 5.69 Å². The number of hydrogen-bond acceptors (Lipinski definition) is 5. The summed E-state index contributed by atoms with van der Waals surface area (Å²) >= 11 is 0. The maximum atomic E-state index is 12.7. The molecule has 0 atom stereocenters. The molecular weight excluding hydrogens is 410 g/mol. The summed E-state index contributed by atoms with van der Waals surface area (Å²) in [7, 11) is 0. The Balaban J connectivity index is 1.23. The number of carbonyl (C=O) groups excluding carboxylic acids is 1. The largest absolute Gasteiger partial charge is 0.356 e. The summed E-state index contributed by atoms with van der Waals surface area (Å²) in [4.78, 5) is 26.3. The molecule has 1 aromatic heterocycles. The highest BCUT2D eigenvalue weighted by Gasteiger charge is 2.25. The highest BCUT2D eigenvalue weighted by Crippen LogP contribution is 2.25. The number of benzene rings is 2. The van der Waals surface area contributed by atoms with Crippen molar-refractivity contribution in [1.29, 1.82) is 0 Å². The summed E-state index contributed by atoms with van der Waals surface area (Å²) in [6, 6.07) is 22.7. The van der Waals surface area contributed by atoms with Gasteiger partial charge in [-0.25, -0.2) is 9.97 Å². The Hall–Kier alpha value is -3.25. The molecule has 1 aliphatic rings. The summed E-state index contributed by atoms with van der Waals surface area (Å²) in [5.74, 6) is 1.18. The van der Waals surface area contributed by atoms with Gasteiger partial charge in [-0.15, -0.1) is 0 Å². The van der Waals surface area contributed by atoms with Crippen molar-refractivity contribution in [3.63, 3.8) is 0 Å². The van der Waals surface area contributed by atoms with Crippen molar-refractivity contribution < 1.29 is 4.79 Å². The molecule has 0 radical (unpaired) electrons. The average molecular weight is 444 g/mol. The van der Waals surface area contributed by atoms with E-state index >= 15 is 0 Å². The molecule has 1 N–H and O–H groups in total. The van der Waals surface area contributed by atoms with E-state index in [0.717, 1.165) is 62.6 Å². The van der Waals surface area contributed by atoms with Crippen molar-refractivity contribution in [2.75, 3.05) is 37.6 Å². The van der Waals surface area contributed by atoms with Gasteiger partial charge in [0.25, 0.3) is 0 Å². The van der Waals surface area contributed by atoms with Gasteiger partial charge in [0, 0.05) is 50.3 Å². The molecule has 2 heterocycles. The molecule has 6 nitrogen and oxygen atoms in total. The first-order valence-electron chi connectivity index (χ1n) is 11.9. The number of likely N-dealkylation sites (N-methyl/N-ethyl adjacent to an activating group) is 1. The fraction of sp³-hybridized carbons (Fsp3) is 0.370. The van der Waals surface area contributed by atoms with Gasteiger partial charge in [-0.2, -0.15) is 0 Å². The zero-order valence-electron chi connectivity index (χ0n) is 19.4. The molecule has 0 spiro atoms. The number of anilines is 1. The lowest BCUT2D eigenvalue weighted by molar-refractivity contribution is -0.125.